The fourth-order valence-corrected chi connectivity index (χ4v) is 2.15. The van der Waals surface area contributed by atoms with E-state index in [0.717, 1.165) is 0 Å². The molecule has 0 aliphatic carbocycles. The first-order valence-electron chi connectivity index (χ1n) is 5.68. The zero-order chi connectivity index (χ0) is 13.4. The second-order valence-electron chi connectivity index (χ2n) is 4.04. The van der Waals surface area contributed by atoms with Gasteiger partial charge in [0.1, 0.15) is 13.2 Å². The van der Waals surface area contributed by atoms with E-state index in [1.165, 1.54) is 11.1 Å². The number of nitrogens with zero attached hydrogens (tertiary/aromatic N) is 2. The molecule has 3 rings (SSSR count). The number of rotatable bonds is 1. The number of hydrogen-bond donors (Lipinski definition) is 1. The number of halogens is 2. The Bertz CT molecular complexity index is 576. The van der Waals surface area contributed by atoms with E-state index in [4.69, 9.17) is 26.8 Å². The molecule has 0 saturated heterocycles. The van der Waals surface area contributed by atoms with E-state index < -0.39 is 11.5 Å². The quantitative estimate of drug-likeness (QED) is 0.632. The molecule has 0 aromatic heterocycles. The molecule has 5 nitrogen and oxygen atoms in total. The van der Waals surface area contributed by atoms with Crippen LogP contribution in [0.4, 0.5) is 10.1 Å². The summed E-state index contributed by atoms with van der Waals surface area (Å²) in [5, 5.41) is 0. The van der Waals surface area contributed by atoms with Crippen molar-refractivity contribution < 1.29 is 13.9 Å². The van der Waals surface area contributed by atoms with Gasteiger partial charge in [-0.25, -0.2) is 9.38 Å². The molecule has 100 valence electrons. The van der Waals surface area contributed by atoms with Gasteiger partial charge in [0.05, 0.1) is 0 Å². The predicted octanol–water partition coefficient (Wildman–Crippen LogP) is 1.97. The second kappa shape index (κ2) is 4.62. The Kier molecular flexibility index (Phi) is 2.94. The highest BCUT2D eigenvalue weighted by molar-refractivity contribution is 6.23. The van der Waals surface area contributed by atoms with Crippen molar-refractivity contribution in [2.45, 2.75) is 5.62 Å². The topological polar surface area (TPSA) is 60.1 Å². The Hall–Kier alpha value is -1.95. The number of hydrogen-bond acceptors (Lipinski definition) is 5. The third-order valence-corrected chi connectivity index (χ3v) is 3.10. The SMILES string of the molecule is NC1=NC(Cl)N(c2ccc3c(c2)OCCO3)C=C1F. The summed E-state index contributed by atoms with van der Waals surface area (Å²) in [4.78, 5) is 5.27. The van der Waals surface area contributed by atoms with Gasteiger partial charge in [-0.05, 0) is 12.1 Å². The second-order valence-corrected chi connectivity index (χ2v) is 4.43. The van der Waals surface area contributed by atoms with Crippen LogP contribution in [0, 0.1) is 0 Å². The van der Waals surface area contributed by atoms with E-state index in [9.17, 15) is 4.39 Å². The van der Waals surface area contributed by atoms with Crippen LogP contribution in [0.3, 0.4) is 0 Å². The van der Waals surface area contributed by atoms with Gasteiger partial charge >= 0.3 is 0 Å². The van der Waals surface area contributed by atoms with Crippen molar-refractivity contribution in [2.75, 3.05) is 18.1 Å². The molecule has 0 radical (unpaired) electrons. The smallest absolute Gasteiger partial charge is 0.203 e. The molecule has 1 atom stereocenters. The number of fused-ring (bicyclic) bond motifs is 1. The average molecular weight is 284 g/mol. The maximum atomic E-state index is 13.5. The largest absolute Gasteiger partial charge is 0.486 e. The Morgan fingerprint density at radius 1 is 1.32 bits per heavy atom. The van der Waals surface area contributed by atoms with Crippen LogP contribution >= 0.6 is 11.6 Å². The first kappa shape index (κ1) is 12.1. The summed E-state index contributed by atoms with van der Waals surface area (Å²) < 4.78 is 24.4. The van der Waals surface area contributed by atoms with Gasteiger partial charge in [0.2, 0.25) is 5.62 Å². The Labute approximate surface area is 114 Å². The van der Waals surface area contributed by atoms with Crippen LogP contribution in [-0.2, 0) is 0 Å². The minimum absolute atomic E-state index is 0.200. The van der Waals surface area contributed by atoms with Crippen molar-refractivity contribution >= 4 is 23.1 Å². The minimum Gasteiger partial charge on any atom is -0.486 e. The van der Waals surface area contributed by atoms with Crippen LogP contribution in [0.1, 0.15) is 0 Å². The molecule has 1 unspecified atom stereocenters. The van der Waals surface area contributed by atoms with Gasteiger partial charge in [0.15, 0.2) is 23.2 Å². The number of anilines is 1. The van der Waals surface area contributed by atoms with E-state index in [1.807, 2.05) is 0 Å². The van der Waals surface area contributed by atoms with Crippen LogP contribution < -0.4 is 20.1 Å². The summed E-state index contributed by atoms with van der Waals surface area (Å²) in [5.74, 6) is 0.440. The molecule has 0 bridgehead atoms. The molecule has 2 aliphatic rings. The first-order chi connectivity index (χ1) is 9.15. The molecule has 0 saturated carbocycles. The number of alkyl halides is 1. The molecular formula is C12H11ClFN3O2. The van der Waals surface area contributed by atoms with Gasteiger partial charge in [-0.3, -0.25) is 0 Å². The van der Waals surface area contributed by atoms with Crippen molar-refractivity contribution in [1.82, 2.24) is 0 Å². The monoisotopic (exact) mass is 283 g/mol. The van der Waals surface area contributed by atoms with Crippen LogP contribution in [0.25, 0.3) is 0 Å². The molecule has 2 aliphatic heterocycles. The lowest BCUT2D eigenvalue weighted by atomic mass is 10.2. The van der Waals surface area contributed by atoms with E-state index in [1.54, 1.807) is 18.2 Å². The molecule has 7 heteroatoms. The lowest BCUT2D eigenvalue weighted by molar-refractivity contribution is 0.171. The molecule has 1 aromatic rings. The Morgan fingerprint density at radius 2 is 2.05 bits per heavy atom. The standard InChI is InChI=1S/C12H11ClFN3O2/c13-12-16-11(15)8(14)6-17(12)7-1-2-9-10(5-7)19-4-3-18-9/h1-2,5-6,12H,3-4H2,(H2,15,16). The zero-order valence-electron chi connectivity index (χ0n) is 9.85. The van der Waals surface area contributed by atoms with Gasteiger partial charge in [-0.2, -0.15) is 0 Å². The molecule has 0 amide bonds. The van der Waals surface area contributed by atoms with Gasteiger partial charge in [-0.15, -0.1) is 0 Å². The van der Waals surface area contributed by atoms with Crippen molar-refractivity contribution in [2.24, 2.45) is 10.7 Å². The number of nitrogens with two attached hydrogens (primary N) is 1. The van der Waals surface area contributed by atoms with Crippen molar-refractivity contribution in [3.63, 3.8) is 0 Å². The number of amidine groups is 1. The zero-order valence-corrected chi connectivity index (χ0v) is 10.6. The maximum Gasteiger partial charge on any atom is 0.203 e. The van der Waals surface area contributed by atoms with Crippen LogP contribution in [0.5, 0.6) is 11.5 Å². The molecule has 1 aromatic carbocycles. The lowest BCUT2D eigenvalue weighted by Crippen LogP contribution is -2.32. The summed E-state index contributed by atoms with van der Waals surface area (Å²) in [6.07, 6.45) is 1.21. The number of aliphatic imine (C=N–C) groups is 1. The summed E-state index contributed by atoms with van der Waals surface area (Å²) >= 11 is 6.04. The summed E-state index contributed by atoms with van der Waals surface area (Å²) in [7, 11) is 0. The fraction of sp³-hybridized carbons (Fsp3) is 0.250. The van der Waals surface area contributed by atoms with E-state index in [-0.39, 0.29) is 5.84 Å². The third kappa shape index (κ3) is 2.19. The van der Waals surface area contributed by atoms with Crippen LogP contribution in [0.15, 0.2) is 35.2 Å². The predicted molar refractivity (Wildman–Crippen MR) is 70.4 cm³/mol. The molecule has 19 heavy (non-hydrogen) atoms. The third-order valence-electron chi connectivity index (χ3n) is 2.80. The first-order valence-corrected chi connectivity index (χ1v) is 6.12. The van der Waals surface area contributed by atoms with Crippen molar-refractivity contribution in [1.29, 1.82) is 0 Å². The van der Waals surface area contributed by atoms with Gasteiger partial charge in [-0.1, -0.05) is 11.6 Å². The van der Waals surface area contributed by atoms with E-state index in [0.29, 0.717) is 30.4 Å². The van der Waals surface area contributed by atoms with Gasteiger partial charge in [0.25, 0.3) is 0 Å². The van der Waals surface area contributed by atoms with Crippen LogP contribution in [0.2, 0.25) is 0 Å². The Balaban J connectivity index is 1.95. The number of ether oxygens (including phenoxy) is 2. The van der Waals surface area contributed by atoms with Gasteiger partial charge in [0, 0.05) is 18.0 Å². The Morgan fingerprint density at radius 3 is 2.84 bits per heavy atom. The average Bonchev–Trinajstić information content (AvgIpc) is 2.42. The molecule has 0 fully saturated rings. The highest BCUT2D eigenvalue weighted by Gasteiger charge is 2.23. The summed E-state index contributed by atoms with van der Waals surface area (Å²) in [5.41, 5.74) is 5.23. The molecule has 2 N–H and O–H groups in total. The maximum absolute atomic E-state index is 13.5. The minimum atomic E-state index is -0.790. The molecular weight excluding hydrogens is 273 g/mol. The summed E-state index contributed by atoms with van der Waals surface area (Å²) in [6.45, 7) is 1.000. The van der Waals surface area contributed by atoms with Gasteiger partial charge < -0.3 is 20.1 Å². The number of benzene rings is 1. The highest BCUT2D eigenvalue weighted by Crippen LogP contribution is 2.36. The molecule has 0 spiro atoms. The van der Waals surface area contributed by atoms with E-state index >= 15 is 0 Å². The van der Waals surface area contributed by atoms with E-state index in [2.05, 4.69) is 4.99 Å². The fourth-order valence-electron chi connectivity index (χ4n) is 1.88. The molecule has 2 heterocycles. The highest BCUT2D eigenvalue weighted by atomic mass is 35.5. The normalized spacial score (nSPS) is 21.8. The van der Waals surface area contributed by atoms with Crippen molar-refractivity contribution in [3.05, 3.63) is 30.2 Å². The lowest BCUT2D eigenvalue weighted by Gasteiger charge is -2.28. The summed E-state index contributed by atoms with van der Waals surface area (Å²) in [6, 6.07) is 5.23. The van der Waals surface area contributed by atoms with Crippen molar-refractivity contribution in [3.8, 4) is 11.5 Å². The van der Waals surface area contributed by atoms with Crippen LogP contribution in [-0.4, -0.2) is 24.7 Å².